The average molecular weight is 224 g/mol. The molecule has 17 heavy (non-hydrogen) atoms. The zero-order valence-electron chi connectivity index (χ0n) is 8.84. The molecule has 0 radical (unpaired) electrons. The van der Waals surface area contributed by atoms with E-state index in [1.54, 1.807) is 0 Å². The second-order valence-corrected chi connectivity index (χ2v) is 3.79. The summed E-state index contributed by atoms with van der Waals surface area (Å²) in [4.78, 5) is 22.6. The van der Waals surface area contributed by atoms with Crippen LogP contribution in [0.25, 0.3) is 16.3 Å². The highest BCUT2D eigenvalue weighted by Crippen LogP contribution is 2.28. The van der Waals surface area contributed by atoms with Crippen LogP contribution in [0.4, 0.5) is 0 Å². The molecule has 0 atom stereocenters. The monoisotopic (exact) mass is 224 g/mol. The van der Waals surface area contributed by atoms with Crippen LogP contribution in [0, 0.1) is 0 Å². The molecule has 0 fully saturated rings. The molecule has 0 bridgehead atoms. The Morgan fingerprint density at radius 1 is 0.882 bits per heavy atom. The van der Waals surface area contributed by atoms with Crippen molar-refractivity contribution in [2.24, 2.45) is 0 Å². The summed E-state index contributed by atoms with van der Waals surface area (Å²) in [6.45, 7) is 0. The van der Waals surface area contributed by atoms with Crippen molar-refractivity contribution in [2.45, 2.75) is 0 Å². The Bertz CT molecular complexity index is 663. The Labute approximate surface area is 97.3 Å². The maximum absolute atomic E-state index is 11.5. The molecule has 0 saturated carbocycles. The fourth-order valence-corrected chi connectivity index (χ4v) is 2.00. The van der Waals surface area contributed by atoms with Gasteiger partial charge in [-0.2, -0.15) is 0 Å². The van der Waals surface area contributed by atoms with Crippen molar-refractivity contribution in [1.29, 1.82) is 0 Å². The first-order chi connectivity index (χ1) is 8.25. The highest BCUT2D eigenvalue weighted by atomic mass is 16.6. The molecule has 0 spiro atoms. The van der Waals surface area contributed by atoms with E-state index in [1.807, 2.05) is 42.5 Å². The molecule has 0 saturated heterocycles. The molecule has 2 aromatic carbocycles. The van der Waals surface area contributed by atoms with Crippen LogP contribution < -0.4 is 0 Å². The van der Waals surface area contributed by atoms with Gasteiger partial charge < -0.3 is 4.74 Å². The normalized spacial score (nSPS) is 14.9. The predicted molar refractivity (Wildman–Crippen MR) is 63.0 cm³/mol. The maximum atomic E-state index is 11.5. The summed E-state index contributed by atoms with van der Waals surface area (Å²) >= 11 is 0. The summed E-state index contributed by atoms with van der Waals surface area (Å²) in [5.74, 6) is -1.18. The largest absolute Gasteiger partial charge is 0.386 e. The van der Waals surface area contributed by atoms with Gasteiger partial charge in [-0.15, -0.1) is 0 Å². The van der Waals surface area contributed by atoms with Crippen LogP contribution in [0.3, 0.4) is 0 Å². The third-order valence-corrected chi connectivity index (χ3v) is 2.76. The molecule has 3 heteroatoms. The first kappa shape index (κ1) is 9.78. The van der Waals surface area contributed by atoms with Gasteiger partial charge >= 0.3 is 11.9 Å². The number of benzene rings is 2. The summed E-state index contributed by atoms with van der Waals surface area (Å²) in [7, 11) is 0. The summed E-state index contributed by atoms with van der Waals surface area (Å²) in [5, 5.41) is 1.96. The number of rotatable bonds is 1. The van der Waals surface area contributed by atoms with Crippen LogP contribution in [0.2, 0.25) is 0 Å². The van der Waals surface area contributed by atoms with Gasteiger partial charge in [0, 0.05) is 6.08 Å². The fourth-order valence-electron chi connectivity index (χ4n) is 2.00. The van der Waals surface area contributed by atoms with E-state index in [0.717, 1.165) is 16.3 Å². The number of cyclic esters (lactones) is 2. The Hall–Kier alpha value is -2.42. The summed E-state index contributed by atoms with van der Waals surface area (Å²) in [6.07, 6.45) is 1.24. The average Bonchev–Trinajstić information content (AvgIpc) is 2.68. The topological polar surface area (TPSA) is 43.4 Å². The minimum Gasteiger partial charge on any atom is -0.386 e. The third-order valence-electron chi connectivity index (χ3n) is 2.76. The smallest absolute Gasteiger partial charge is 0.346 e. The number of hydrogen-bond acceptors (Lipinski definition) is 3. The third kappa shape index (κ3) is 1.52. The van der Waals surface area contributed by atoms with E-state index in [2.05, 4.69) is 4.74 Å². The van der Waals surface area contributed by atoms with E-state index >= 15 is 0 Å². The predicted octanol–water partition coefficient (Wildman–Crippen LogP) is 2.31. The quantitative estimate of drug-likeness (QED) is 0.551. The molecule has 82 valence electrons. The molecule has 1 aliphatic rings. The minimum absolute atomic E-state index is 0.326. The summed E-state index contributed by atoms with van der Waals surface area (Å²) in [6, 6.07) is 13.3. The van der Waals surface area contributed by atoms with Crippen LogP contribution >= 0.6 is 0 Å². The zero-order valence-corrected chi connectivity index (χ0v) is 8.84. The molecule has 2 aromatic rings. The molecular formula is C14H8O3. The highest BCUT2D eigenvalue weighted by Gasteiger charge is 2.25. The van der Waals surface area contributed by atoms with Crippen molar-refractivity contribution in [2.75, 3.05) is 0 Å². The fraction of sp³-hybridized carbons (Fsp3) is 0. The maximum Gasteiger partial charge on any atom is 0.346 e. The molecule has 0 unspecified atom stereocenters. The van der Waals surface area contributed by atoms with Crippen LogP contribution in [0.15, 0.2) is 48.5 Å². The van der Waals surface area contributed by atoms with E-state index < -0.39 is 11.9 Å². The van der Waals surface area contributed by atoms with Gasteiger partial charge in [-0.3, -0.25) is 0 Å². The van der Waals surface area contributed by atoms with Crippen LogP contribution in [-0.4, -0.2) is 11.9 Å². The lowest BCUT2D eigenvalue weighted by atomic mass is 9.99. The Morgan fingerprint density at radius 2 is 1.65 bits per heavy atom. The Morgan fingerprint density at radius 3 is 2.41 bits per heavy atom. The van der Waals surface area contributed by atoms with Gasteiger partial charge in [0.2, 0.25) is 0 Å². The van der Waals surface area contributed by atoms with Gasteiger partial charge in [-0.05, 0) is 16.3 Å². The molecule has 3 nitrogen and oxygen atoms in total. The van der Waals surface area contributed by atoms with Crippen LogP contribution in [-0.2, 0) is 14.3 Å². The second-order valence-electron chi connectivity index (χ2n) is 3.79. The van der Waals surface area contributed by atoms with E-state index in [-0.39, 0.29) is 0 Å². The SMILES string of the molecule is O=C1C=C(c2cccc3ccccc23)C(=O)O1. The first-order valence-corrected chi connectivity index (χ1v) is 5.22. The van der Waals surface area contributed by atoms with Gasteiger partial charge in [0.15, 0.2) is 0 Å². The van der Waals surface area contributed by atoms with Crippen molar-refractivity contribution in [3.05, 3.63) is 54.1 Å². The molecule has 3 rings (SSSR count). The zero-order chi connectivity index (χ0) is 11.8. The van der Waals surface area contributed by atoms with Crippen LogP contribution in [0.1, 0.15) is 5.56 Å². The van der Waals surface area contributed by atoms with Gasteiger partial charge in [0.25, 0.3) is 0 Å². The summed E-state index contributed by atoms with van der Waals surface area (Å²) < 4.78 is 4.51. The Balaban J connectivity index is 2.28. The van der Waals surface area contributed by atoms with Crippen molar-refractivity contribution >= 4 is 28.3 Å². The highest BCUT2D eigenvalue weighted by molar-refractivity contribution is 6.30. The standard InChI is InChI=1S/C14H8O3/c15-13-8-12(14(16)17-13)11-7-3-5-9-4-1-2-6-10(9)11/h1-8H. The molecule has 0 N–H and O–H groups in total. The van der Waals surface area contributed by atoms with Gasteiger partial charge in [0.05, 0.1) is 5.57 Å². The van der Waals surface area contributed by atoms with Gasteiger partial charge in [-0.25, -0.2) is 9.59 Å². The van der Waals surface area contributed by atoms with Gasteiger partial charge in [0.1, 0.15) is 0 Å². The number of esters is 2. The summed E-state index contributed by atoms with van der Waals surface area (Å²) in [5.41, 5.74) is 1.06. The van der Waals surface area contributed by atoms with Gasteiger partial charge in [-0.1, -0.05) is 42.5 Å². The lowest BCUT2D eigenvalue weighted by Gasteiger charge is -2.04. The molecule has 0 aliphatic carbocycles. The number of carbonyl (C=O) groups is 2. The molecular weight excluding hydrogens is 216 g/mol. The van der Waals surface area contributed by atoms with E-state index in [0.29, 0.717) is 5.57 Å². The van der Waals surface area contributed by atoms with Crippen molar-refractivity contribution in [3.63, 3.8) is 0 Å². The number of fused-ring (bicyclic) bond motifs is 1. The van der Waals surface area contributed by atoms with Crippen LogP contribution in [0.5, 0.6) is 0 Å². The second kappa shape index (κ2) is 3.56. The number of carbonyl (C=O) groups excluding carboxylic acids is 2. The molecule has 1 heterocycles. The van der Waals surface area contributed by atoms with E-state index in [4.69, 9.17) is 0 Å². The lowest BCUT2D eigenvalue weighted by molar-refractivity contribution is -0.149. The minimum atomic E-state index is -0.599. The lowest BCUT2D eigenvalue weighted by Crippen LogP contribution is -2.01. The van der Waals surface area contributed by atoms with Crippen molar-refractivity contribution in [3.8, 4) is 0 Å². The van der Waals surface area contributed by atoms with Crippen molar-refractivity contribution in [1.82, 2.24) is 0 Å². The Kier molecular flexibility index (Phi) is 2.05. The molecule has 0 amide bonds. The number of hydrogen-bond donors (Lipinski definition) is 0. The molecule has 1 aliphatic heterocycles. The first-order valence-electron chi connectivity index (χ1n) is 5.22. The number of ether oxygens (including phenoxy) is 1. The molecule has 0 aromatic heterocycles. The van der Waals surface area contributed by atoms with E-state index in [9.17, 15) is 9.59 Å². The van der Waals surface area contributed by atoms with Crippen molar-refractivity contribution < 1.29 is 14.3 Å². The van der Waals surface area contributed by atoms with E-state index in [1.165, 1.54) is 6.08 Å².